The number of hydrogen-bond acceptors (Lipinski definition) is 6. The molecule has 3 aliphatic heterocycles. The van der Waals surface area contributed by atoms with Gasteiger partial charge in [-0.3, -0.25) is 14.4 Å². The van der Waals surface area contributed by atoms with Gasteiger partial charge in [0.25, 0.3) is 5.91 Å². The molecule has 3 heterocycles. The summed E-state index contributed by atoms with van der Waals surface area (Å²) in [5.41, 5.74) is 0.631. The van der Waals surface area contributed by atoms with Crippen LogP contribution >= 0.6 is 0 Å². The van der Waals surface area contributed by atoms with E-state index in [9.17, 15) is 19.5 Å². The summed E-state index contributed by atoms with van der Waals surface area (Å²) >= 11 is 0. The molecule has 2 amide bonds. The molecule has 0 aromatic heterocycles. The standard InChI is InChI=1S/C30H40N2O6/c1-6-9-10-18-37-28(36)24-23-26(34)32(16-17-33)25(30(23)14-13-29(24,8-3)38-30)27(35)31(15-7-2)22-19-20(4)11-12-21(22)5/h6-7,11-12,19,23-25,33H,1-2,8-10,13-18H2,3-5H3/t23-,24+,25?,29-,30?/m0/s1. The molecule has 0 saturated carbocycles. The number of unbranched alkanes of at least 4 members (excludes halogenated alkanes) is 1. The van der Waals surface area contributed by atoms with E-state index in [4.69, 9.17) is 9.47 Å². The van der Waals surface area contributed by atoms with Crippen LogP contribution < -0.4 is 4.90 Å². The molecule has 1 N–H and O–H groups in total. The van der Waals surface area contributed by atoms with E-state index < -0.39 is 35.0 Å². The second kappa shape index (κ2) is 11.0. The first-order valence-corrected chi connectivity index (χ1v) is 13.6. The van der Waals surface area contributed by atoms with Gasteiger partial charge in [-0.15, -0.1) is 13.2 Å². The highest BCUT2D eigenvalue weighted by Crippen LogP contribution is 2.64. The monoisotopic (exact) mass is 524 g/mol. The van der Waals surface area contributed by atoms with Crippen molar-refractivity contribution >= 4 is 23.5 Å². The summed E-state index contributed by atoms with van der Waals surface area (Å²) in [7, 11) is 0. The third kappa shape index (κ3) is 4.37. The van der Waals surface area contributed by atoms with E-state index in [0.717, 1.165) is 23.2 Å². The highest BCUT2D eigenvalue weighted by atomic mass is 16.6. The number of benzene rings is 1. The van der Waals surface area contributed by atoms with Crippen LogP contribution in [-0.2, 0) is 23.9 Å². The normalized spacial score (nSPS) is 29.3. The van der Waals surface area contributed by atoms with Crippen molar-refractivity contribution in [2.75, 3.05) is 31.2 Å². The van der Waals surface area contributed by atoms with Gasteiger partial charge in [0.1, 0.15) is 17.6 Å². The number of allylic oxidation sites excluding steroid dienone is 1. The second-order valence-corrected chi connectivity index (χ2v) is 10.7. The first kappa shape index (κ1) is 28.0. The predicted octanol–water partition coefficient (Wildman–Crippen LogP) is 3.48. The van der Waals surface area contributed by atoms with Crippen molar-refractivity contribution in [1.82, 2.24) is 4.90 Å². The number of likely N-dealkylation sites (tertiary alicyclic amines) is 1. The summed E-state index contributed by atoms with van der Waals surface area (Å²) in [6.07, 6.45) is 6.36. The predicted molar refractivity (Wildman–Crippen MR) is 144 cm³/mol. The van der Waals surface area contributed by atoms with Crippen LogP contribution in [0.3, 0.4) is 0 Å². The molecular weight excluding hydrogens is 484 g/mol. The number of ether oxygens (including phenoxy) is 2. The average molecular weight is 525 g/mol. The zero-order valence-corrected chi connectivity index (χ0v) is 22.8. The fraction of sp³-hybridized carbons (Fsp3) is 0.567. The van der Waals surface area contributed by atoms with Gasteiger partial charge in [0.2, 0.25) is 5.91 Å². The van der Waals surface area contributed by atoms with E-state index in [0.29, 0.717) is 25.7 Å². The van der Waals surface area contributed by atoms with Gasteiger partial charge in [0.05, 0.1) is 24.7 Å². The van der Waals surface area contributed by atoms with E-state index in [1.807, 2.05) is 39.0 Å². The Labute approximate surface area is 225 Å². The maximum absolute atomic E-state index is 14.5. The van der Waals surface area contributed by atoms with Crippen LogP contribution in [-0.4, -0.2) is 71.3 Å². The maximum atomic E-state index is 14.5. The van der Waals surface area contributed by atoms with Crippen LogP contribution in [0.1, 0.15) is 50.2 Å². The van der Waals surface area contributed by atoms with E-state index in [1.54, 1.807) is 17.1 Å². The lowest BCUT2D eigenvalue weighted by Crippen LogP contribution is -2.57. The van der Waals surface area contributed by atoms with Crippen molar-refractivity contribution in [3.05, 3.63) is 54.6 Å². The maximum Gasteiger partial charge on any atom is 0.312 e. The molecule has 8 heteroatoms. The molecule has 1 aromatic carbocycles. The summed E-state index contributed by atoms with van der Waals surface area (Å²) in [4.78, 5) is 45.0. The van der Waals surface area contributed by atoms with Crippen molar-refractivity contribution in [3.63, 3.8) is 0 Å². The lowest BCUT2D eigenvalue weighted by atomic mass is 9.65. The molecule has 3 aliphatic rings. The first-order chi connectivity index (χ1) is 18.2. The number of nitrogens with zero attached hydrogens (tertiary/aromatic N) is 2. The van der Waals surface area contributed by atoms with Crippen LogP contribution in [0.2, 0.25) is 0 Å². The molecule has 5 atom stereocenters. The van der Waals surface area contributed by atoms with Gasteiger partial charge in [-0.2, -0.15) is 0 Å². The molecule has 3 saturated heterocycles. The summed E-state index contributed by atoms with van der Waals surface area (Å²) < 4.78 is 12.4. The van der Waals surface area contributed by atoms with Crippen LogP contribution in [0.15, 0.2) is 43.5 Å². The Balaban J connectivity index is 1.76. The molecule has 2 bridgehead atoms. The highest BCUT2D eigenvalue weighted by Gasteiger charge is 2.79. The summed E-state index contributed by atoms with van der Waals surface area (Å²) in [5.74, 6) is -2.72. The van der Waals surface area contributed by atoms with E-state index >= 15 is 0 Å². The number of aliphatic hydroxyl groups excluding tert-OH is 1. The minimum Gasteiger partial charge on any atom is -0.465 e. The summed E-state index contributed by atoms with van der Waals surface area (Å²) in [6, 6.07) is 4.92. The number of rotatable bonds is 12. The molecule has 206 valence electrons. The average Bonchev–Trinajstić information content (AvgIpc) is 3.50. The molecule has 8 nitrogen and oxygen atoms in total. The Hall–Kier alpha value is -2.97. The van der Waals surface area contributed by atoms with Gasteiger partial charge in [-0.1, -0.05) is 31.2 Å². The van der Waals surface area contributed by atoms with Gasteiger partial charge in [0.15, 0.2) is 0 Å². The van der Waals surface area contributed by atoms with Gasteiger partial charge >= 0.3 is 5.97 Å². The number of amides is 2. The molecule has 0 aliphatic carbocycles. The second-order valence-electron chi connectivity index (χ2n) is 10.7. The van der Waals surface area contributed by atoms with Crippen molar-refractivity contribution < 1.29 is 29.0 Å². The minimum absolute atomic E-state index is 0.0220. The minimum atomic E-state index is -1.17. The van der Waals surface area contributed by atoms with Gasteiger partial charge in [-0.25, -0.2) is 0 Å². The molecule has 0 radical (unpaired) electrons. The molecule has 2 unspecified atom stereocenters. The number of aryl methyl sites for hydroxylation is 2. The Kier molecular flexibility index (Phi) is 8.14. The molecule has 3 fully saturated rings. The number of carbonyl (C=O) groups excluding carboxylic acids is 3. The molecule has 1 spiro atoms. The van der Waals surface area contributed by atoms with E-state index in [-0.39, 0.29) is 38.1 Å². The summed E-state index contributed by atoms with van der Waals surface area (Å²) in [5, 5.41) is 9.88. The number of carbonyl (C=O) groups is 3. The number of β-amino-alcohol motifs (C(OH)–C–C–N with tert-alkyl or cyclic N) is 1. The van der Waals surface area contributed by atoms with Crippen molar-refractivity contribution in [1.29, 1.82) is 0 Å². The number of hydrogen-bond donors (Lipinski definition) is 1. The SMILES string of the molecule is C=CCCCOC(=O)[C@H]1[C@H]2C(=O)N(CCO)C(C(=O)N(CC=C)c3cc(C)ccc3C)C23CC[C@]1(CC)O3. The van der Waals surface area contributed by atoms with E-state index in [1.165, 1.54) is 4.90 Å². The van der Waals surface area contributed by atoms with Gasteiger partial charge < -0.3 is 24.4 Å². The largest absolute Gasteiger partial charge is 0.465 e. The Morgan fingerprint density at radius 1 is 1.26 bits per heavy atom. The van der Waals surface area contributed by atoms with Gasteiger partial charge in [0, 0.05) is 18.8 Å². The molecule has 4 rings (SSSR count). The summed E-state index contributed by atoms with van der Waals surface area (Å²) in [6.45, 7) is 13.6. The first-order valence-electron chi connectivity index (χ1n) is 13.6. The highest BCUT2D eigenvalue weighted by molar-refractivity contribution is 6.05. The van der Waals surface area contributed by atoms with E-state index in [2.05, 4.69) is 13.2 Å². The zero-order chi connectivity index (χ0) is 27.7. The van der Waals surface area contributed by atoms with Crippen LogP contribution in [0.5, 0.6) is 0 Å². The number of aliphatic hydroxyl groups is 1. The fourth-order valence-electron chi connectivity index (χ4n) is 6.79. The third-order valence-electron chi connectivity index (χ3n) is 8.54. The molecule has 1 aromatic rings. The van der Waals surface area contributed by atoms with Gasteiger partial charge in [-0.05, 0) is 63.1 Å². The lowest BCUT2D eigenvalue weighted by molar-refractivity contribution is -0.161. The van der Waals surface area contributed by atoms with Crippen molar-refractivity contribution in [2.24, 2.45) is 11.8 Å². The van der Waals surface area contributed by atoms with Crippen LogP contribution in [0, 0.1) is 25.7 Å². The fourth-order valence-corrected chi connectivity index (χ4v) is 6.79. The number of fused-ring (bicyclic) bond motifs is 1. The zero-order valence-electron chi connectivity index (χ0n) is 22.8. The lowest BCUT2D eigenvalue weighted by Gasteiger charge is -2.37. The topological polar surface area (TPSA) is 96.4 Å². The quantitative estimate of drug-likeness (QED) is 0.256. The number of esters is 1. The molecule has 38 heavy (non-hydrogen) atoms. The smallest absolute Gasteiger partial charge is 0.312 e. The number of anilines is 1. The Morgan fingerprint density at radius 2 is 2.03 bits per heavy atom. The Bertz CT molecular complexity index is 1120. The third-order valence-corrected chi connectivity index (χ3v) is 8.54. The van der Waals surface area contributed by atoms with Crippen molar-refractivity contribution in [3.8, 4) is 0 Å². The van der Waals surface area contributed by atoms with Crippen molar-refractivity contribution in [2.45, 2.75) is 70.1 Å². The van der Waals surface area contributed by atoms with Crippen LogP contribution in [0.25, 0.3) is 0 Å². The van der Waals surface area contributed by atoms with Crippen LogP contribution in [0.4, 0.5) is 5.69 Å². The Morgan fingerprint density at radius 3 is 2.68 bits per heavy atom. The molecular formula is C30H40N2O6.